The van der Waals surface area contributed by atoms with Crippen molar-refractivity contribution in [1.82, 2.24) is 9.97 Å². The predicted octanol–water partition coefficient (Wildman–Crippen LogP) is 2.61. The highest BCUT2D eigenvalue weighted by atomic mass is 19.4. The van der Waals surface area contributed by atoms with Crippen molar-refractivity contribution >= 4 is 11.8 Å². The van der Waals surface area contributed by atoms with Crippen LogP contribution < -0.4 is 10.6 Å². The third-order valence-corrected chi connectivity index (χ3v) is 1.93. The van der Waals surface area contributed by atoms with E-state index in [-0.39, 0.29) is 11.8 Å². The Bertz CT molecular complexity index is 376. The summed E-state index contributed by atoms with van der Waals surface area (Å²) in [6, 6.07) is 0.906. The first-order valence-electron chi connectivity index (χ1n) is 5.21. The Morgan fingerprint density at radius 2 is 1.94 bits per heavy atom. The molecule has 0 radical (unpaired) electrons. The number of nitrogens with one attached hydrogen (secondary N) is 2. The van der Waals surface area contributed by atoms with E-state index < -0.39 is 11.9 Å². The van der Waals surface area contributed by atoms with E-state index in [1.807, 2.05) is 13.8 Å². The van der Waals surface area contributed by atoms with E-state index in [1.54, 1.807) is 0 Å². The number of hydrogen-bond donors (Lipinski definition) is 2. The molecule has 0 amide bonds. The SMILES string of the molecule is CNc1nc(NCC(C)C)cc(C(F)(F)F)n1. The van der Waals surface area contributed by atoms with Crippen molar-refractivity contribution in [3.8, 4) is 0 Å². The monoisotopic (exact) mass is 248 g/mol. The fraction of sp³-hybridized carbons (Fsp3) is 0.600. The zero-order chi connectivity index (χ0) is 13.1. The Morgan fingerprint density at radius 1 is 1.29 bits per heavy atom. The van der Waals surface area contributed by atoms with Crippen molar-refractivity contribution in [3.63, 3.8) is 0 Å². The third-order valence-electron chi connectivity index (χ3n) is 1.93. The lowest BCUT2D eigenvalue weighted by Crippen LogP contribution is -2.15. The Labute approximate surface area is 97.7 Å². The largest absolute Gasteiger partial charge is 0.433 e. The summed E-state index contributed by atoms with van der Waals surface area (Å²) in [6.07, 6.45) is -4.47. The smallest absolute Gasteiger partial charge is 0.370 e. The number of alkyl halides is 3. The van der Waals surface area contributed by atoms with Gasteiger partial charge in [0, 0.05) is 19.7 Å². The second kappa shape index (κ2) is 5.20. The van der Waals surface area contributed by atoms with E-state index in [9.17, 15) is 13.2 Å². The quantitative estimate of drug-likeness (QED) is 0.860. The van der Waals surface area contributed by atoms with Gasteiger partial charge in [-0.25, -0.2) is 4.98 Å². The van der Waals surface area contributed by atoms with Gasteiger partial charge in [0.25, 0.3) is 0 Å². The summed E-state index contributed by atoms with van der Waals surface area (Å²) in [5.41, 5.74) is -0.955. The van der Waals surface area contributed by atoms with E-state index in [0.717, 1.165) is 6.07 Å². The van der Waals surface area contributed by atoms with Crippen LogP contribution in [0.15, 0.2) is 6.07 Å². The van der Waals surface area contributed by atoms with Crippen LogP contribution in [0.5, 0.6) is 0 Å². The Balaban J connectivity index is 2.97. The van der Waals surface area contributed by atoms with Gasteiger partial charge in [-0.2, -0.15) is 18.2 Å². The highest BCUT2D eigenvalue weighted by molar-refractivity contribution is 5.42. The molecule has 1 heterocycles. The molecule has 1 aromatic rings. The lowest BCUT2D eigenvalue weighted by atomic mass is 10.2. The minimum atomic E-state index is -4.47. The fourth-order valence-corrected chi connectivity index (χ4v) is 1.10. The van der Waals surface area contributed by atoms with Crippen LogP contribution >= 0.6 is 0 Å². The van der Waals surface area contributed by atoms with Crippen LogP contribution in [-0.2, 0) is 6.18 Å². The minimum absolute atomic E-state index is 0.0499. The maximum atomic E-state index is 12.5. The zero-order valence-electron chi connectivity index (χ0n) is 9.89. The van der Waals surface area contributed by atoms with Gasteiger partial charge in [-0.3, -0.25) is 0 Å². The summed E-state index contributed by atoms with van der Waals surface area (Å²) < 4.78 is 37.6. The lowest BCUT2D eigenvalue weighted by Gasteiger charge is -2.12. The molecule has 0 fully saturated rings. The van der Waals surface area contributed by atoms with Crippen molar-refractivity contribution in [2.75, 3.05) is 24.2 Å². The van der Waals surface area contributed by atoms with Crippen LogP contribution in [0.3, 0.4) is 0 Å². The average molecular weight is 248 g/mol. The van der Waals surface area contributed by atoms with E-state index in [4.69, 9.17) is 0 Å². The van der Waals surface area contributed by atoms with E-state index in [0.29, 0.717) is 12.5 Å². The first kappa shape index (κ1) is 13.5. The maximum Gasteiger partial charge on any atom is 0.433 e. The molecule has 2 N–H and O–H groups in total. The fourth-order valence-electron chi connectivity index (χ4n) is 1.10. The molecule has 0 saturated heterocycles. The van der Waals surface area contributed by atoms with Gasteiger partial charge in [-0.05, 0) is 5.92 Å². The minimum Gasteiger partial charge on any atom is -0.370 e. The summed E-state index contributed by atoms with van der Waals surface area (Å²) in [5.74, 6) is 0.439. The standard InChI is InChI=1S/C10H15F3N4/c1-6(2)5-15-8-4-7(10(11,12)13)16-9(14-3)17-8/h4,6H,5H2,1-3H3,(H2,14,15,16,17). The molecule has 0 unspecified atom stereocenters. The van der Waals surface area contributed by atoms with Crippen molar-refractivity contribution in [2.24, 2.45) is 5.92 Å². The lowest BCUT2D eigenvalue weighted by molar-refractivity contribution is -0.141. The summed E-state index contributed by atoms with van der Waals surface area (Å²) in [5, 5.41) is 5.35. The van der Waals surface area contributed by atoms with Crippen molar-refractivity contribution in [2.45, 2.75) is 20.0 Å². The van der Waals surface area contributed by atoms with Gasteiger partial charge in [-0.1, -0.05) is 13.8 Å². The van der Waals surface area contributed by atoms with Crippen LogP contribution in [0.25, 0.3) is 0 Å². The molecule has 1 aromatic heterocycles. The van der Waals surface area contributed by atoms with E-state index in [1.165, 1.54) is 7.05 Å². The molecule has 0 aromatic carbocycles. The number of anilines is 2. The molecule has 1 rings (SSSR count). The van der Waals surface area contributed by atoms with Gasteiger partial charge in [0.2, 0.25) is 5.95 Å². The van der Waals surface area contributed by atoms with E-state index >= 15 is 0 Å². The maximum absolute atomic E-state index is 12.5. The second-order valence-corrected chi connectivity index (χ2v) is 3.98. The highest BCUT2D eigenvalue weighted by Crippen LogP contribution is 2.29. The molecule has 7 heteroatoms. The topological polar surface area (TPSA) is 49.8 Å². The first-order valence-corrected chi connectivity index (χ1v) is 5.21. The zero-order valence-corrected chi connectivity index (χ0v) is 9.89. The van der Waals surface area contributed by atoms with Gasteiger partial charge in [0.15, 0.2) is 5.69 Å². The molecule has 0 aliphatic heterocycles. The Hall–Kier alpha value is -1.53. The second-order valence-electron chi connectivity index (χ2n) is 3.98. The molecular weight excluding hydrogens is 233 g/mol. The van der Waals surface area contributed by atoms with Gasteiger partial charge < -0.3 is 10.6 Å². The van der Waals surface area contributed by atoms with Gasteiger partial charge in [0.1, 0.15) is 5.82 Å². The molecular formula is C10H15F3N4. The molecule has 0 atom stereocenters. The number of aromatic nitrogens is 2. The van der Waals surface area contributed by atoms with Gasteiger partial charge in [0.05, 0.1) is 0 Å². The van der Waals surface area contributed by atoms with Crippen molar-refractivity contribution in [1.29, 1.82) is 0 Å². The van der Waals surface area contributed by atoms with Gasteiger partial charge >= 0.3 is 6.18 Å². The average Bonchev–Trinajstić information content (AvgIpc) is 2.24. The molecule has 0 spiro atoms. The summed E-state index contributed by atoms with van der Waals surface area (Å²) in [4.78, 5) is 7.27. The van der Waals surface area contributed by atoms with Crippen LogP contribution in [0.2, 0.25) is 0 Å². The first-order chi connectivity index (χ1) is 7.82. The number of rotatable bonds is 4. The molecule has 17 heavy (non-hydrogen) atoms. The van der Waals surface area contributed by atoms with Gasteiger partial charge in [-0.15, -0.1) is 0 Å². The summed E-state index contributed by atoms with van der Waals surface area (Å²) in [7, 11) is 1.47. The summed E-state index contributed by atoms with van der Waals surface area (Å²) >= 11 is 0. The number of hydrogen-bond acceptors (Lipinski definition) is 4. The van der Waals surface area contributed by atoms with Crippen LogP contribution in [0.4, 0.5) is 24.9 Å². The number of halogens is 3. The van der Waals surface area contributed by atoms with E-state index in [2.05, 4.69) is 20.6 Å². The molecule has 96 valence electrons. The number of nitrogens with zero attached hydrogens (tertiary/aromatic N) is 2. The summed E-state index contributed by atoms with van der Waals surface area (Å²) in [6.45, 7) is 4.47. The molecule has 0 bridgehead atoms. The van der Waals surface area contributed by atoms with Crippen molar-refractivity contribution in [3.05, 3.63) is 11.8 Å². The van der Waals surface area contributed by atoms with Crippen LogP contribution in [0, 0.1) is 5.92 Å². The molecule has 0 aliphatic rings. The molecule has 0 aliphatic carbocycles. The third kappa shape index (κ3) is 4.08. The predicted molar refractivity (Wildman–Crippen MR) is 59.9 cm³/mol. The Kier molecular flexibility index (Phi) is 4.14. The van der Waals surface area contributed by atoms with Crippen LogP contribution in [-0.4, -0.2) is 23.6 Å². The molecule has 0 saturated carbocycles. The van der Waals surface area contributed by atoms with Crippen molar-refractivity contribution < 1.29 is 13.2 Å². The normalized spacial score (nSPS) is 11.7. The highest BCUT2D eigenvalue weighted by Gasteiger charge is 2.33. The molecule has 4 nitrogen and oxygen atoms in total. The Morgan fingerprint density at radius 3 is 2.41 bits per heavy atom. The van der Waals surface area contributed by atoms with Crippen LogP contribution in [0.1, 0.15) is 19.5 Å².